The van der Waals surface area contributed by atoms with Crippen molar-refractivity contribution in [3.05, 3.63) is 27.9 Å². The van der Waals surface area contributed by atoms with Gasteiger partial charge in [-0.15, -0.1) is 0 Å². The Labute approximate surface area is 97.0 Å². The molecule has 0 aliphatic carbocycles. The van der Waals surface area contributed by atoms with Gasteiger partial charge in [-0.2, -0.15) is 5.10 Å². The molecule has 0 bridgehead atoms. The average molecular weight is 242 g/mol. The molecule has 0 saturated heterocycles. The van der Waals surface area contributed by atoms with E-state index in [9.17, 15) is 0 Å². The summed E-state index contributed by atoms with van der Waals surface area (Å²) in [5.41, 5.74) is 2.00. The zero-order valence-corrected chi connectivity index (χ0v) is 9.44. The maximum absolute atomic E-state index is 6.12. The largest absolute Gasteiger partial charge is 0.309 e. The number of hydrogen-bond donors (Lipinski definition) is 1. The predicted octanol–water partition coefficient (Wildman–Crippen LogP) is 2.45. The highest BCUT2D eigenvalue weighted by Crippen LogP contribution is 2.32. The zero-order chi connectivity index (χ0) is 10.4. The number of halogens is 2. The molecule has 78 valence electrons. The molecular formula is C10H9Cl2N3. The van der Waals surface area contributed by atoms with Gasteiger partial charge in [-0.25, -0.2) is 0 Å². The van der Waals surface area contributed by atoms with E-state index in [0.29, 0.717) is 10.0 Å². The third-order valence-electron chi connectivity index (χ3n) is 2.71. The molecule has 0 unspecified atom stereocenters. The van der Waals surface area contributed by atoms with Gasteiger partial charge in [0.1, 0.15) is 5.52 Å². The molecule has 0 radical (unpaired) electrons. The fraction of sp³-hybridized carbons (Fsp3) is 0.300. The fourth-order valence-electron chi connectivity index (χ4n) is 1.95. The quantitative estimate of drug-likeness (QED) is 0.768. The van der Waals surface area contributed by atoms with Crippen molar-refractivity contribution in [1.82, 2.24) is 15.1 Å². The van der Waals surface area contributed by atoms with E-state index >= 15 is 0 Å². The van der Waals surface area contributed by atoms with Gasteiger partial charge in [-0.1, -0.05) is 23.2 Å². The van der Waals surface area contributed by atoms with Crippen LogP contribution in [0.5, 0.6) is 0 Å². The normalized spacial score (nSPS) is 15.6. The average Bonchev–Trinajstić information content (AvgIpc) is 2.63. The van der Waals surface area contributed by atoms with Crippen molar-refractivity contribution < 1.29 is 0 Å². The monoisotopic (exact) mass is 241 g/mol. The molecule has 15 heavy (non-hydrogen) atoms. The molecule has 2 heterocycles. The third-order valence-corrected chi connectivity index (χ3v) is 3.50. The van der Waals surface area contributed by atoms with Crippen LogP contribution in [-0.2, 0) is 13.1 Å². The van der Waals surface area contributed by atoms with Gasteiger partial charge in [0.25, 0.3) is 0 Å². The summed E-state index contributed by atoms with van der Waals surface area (Å²) in [6.07, 6.45) is 0. The van der Waals surface area contributed by atoms with Crippen LogP contribution in [-0.4, -0.2) is 16.3 Å². The zero-order valence-electron chi connectivity index (χ0n) is 7.93. The minimum absolute atomic E-state index is 0.552. The van der Waals surface area contributed by atoms with Crippen molar-refractivity contribution in [3.63, 3.8) is 0 Å². The van der Waals surface area contributed by atoms with E-state index in [-0.39, 0.29) is 0 Å². The lowest BCUT2D eigenvalue weighted by Crippen LogP contribution is -2.28. The van der Waals surface area contributed by atoms with E-state index in [1.807, 2.05) is 16.8 Å². The Morgan fingerprint density at radius 1 is 1.33 bits per heavy atom. The van der Waals surface area contributed by atoms with Crippen molar-refractivity contribution in [2.24, 2.45) is 0 Å². The molecule has 0 atom stereocenters. The standard InChI is InChI=1S/C10H9Cl2N3/c11-7-2-1-6-8-5-13-3-4-15(8)14-10(6)9(7)12/h1-2,13H,3-5H2. The highest BCUT2D eigenvalue weighted by Gasteiger charge is 2.17. The highest BCUT2D eigenvalue weighted by molar-refractivity contribution is 6.45. The number of aromatic nitrogens is 2. The SMILES string of the molecule is Clc1ccc2c3n(nc2c1Cl)CCNC3. The van der Waals surface area contributed by atoms with Crippen molar-refractivity contribution in [3.8, 4) is 0 Å². The van der Waals surface area contributed by atoms with Gasteiger partial charge in [-0.05, 0) is 12.1 Å². The van der Waals surface area contributed by atoms with Crippen LogP contribution >= 0.6 is 23.2 Å². The number of nitrogens with one attached hydrogen (secondary N) is 1. The summed E-state index contributed by atoms with van der Waals surface area (Å²) >= 11 is 12.1. The van der Waals surface area contributed by atoms with Gasteiger partial charge in [0, 0.05) is 18.5 Å². The van der Waals surface area contributed by atoms with Crippen LogP contribution < -0.4 is 5.32 Å². The van der Waals surface area contributed by atoms with Gasteiger partial charge in [-0.3, -0.25) is 4.68 Å². The van der Waals surface area contributed by atoms with Crippen LogP contribution in [0.25, 0.3) is 10.9 Å². The Bertz CT molecular complexity index is 533. The van der Waals surface area contributed by atoms with E-state index in [0.717, 1.165) is 30.5 Å². The number of rotatable bonds is 0. The van der Waals surface area contributed by atoms with Gasteiger partial charge in [0.2, 0.25) is 0 Å². The maximum Gasteiger partial charge on any atom is 0.113 e. The second kappa shape index (κ2) is 3.37. The Morgan fingerprint density at radius 2 is 2.20 bits per heavy atom. The molecule has 0 amide bonds. The van der Waals surface area contributed by atoms with Crippen LogP contribution in [0.15, 0.2) is 12.1 Å². The first-order chi connectivity index (χ1) is 7.27. The van der Waals surface area contributed by atoms with Crippen molar-refractivity contribution in [1.29, 1.82) is 0 Å². The summed E-state index contributed by atoms with van der Waals surface area (Å²) < 4.78 is 2.00. The number of nitrogens with zero attached hydrogens (tertiary/aromatic N) is 2. The Balaban J connectivity index is 2.36. The first-order valence-corrected chi connectivity index (χ1v) is 5.57. The minimum atomic E-state index is 0.552. The van der Waals surface area contributed by atoms with Gasteiger partial charge >= 0.3 is 0 Å². The molecule has 3 nitrogen and oxygen atoms in total. The molecular weight excluding hydrogens is 233 g/mol. The van der Waals surface area contributed by atoms with Crippen LogP contribution in [0.2, 0.25) is 10.0 Å². The first kappa shape index (κ1) is 9.46. The first-order valence-electron chi connectivity index (χ1n) is 4.81. The van der Waals surface area contributed by atoms with Crippen LogP contribution in [0.1, 0.15) is 5.69 Å². The van der Waals surface area contributed by atoms with E-state index < -0.39 is 0 Å². The Hall–Kier alpha value is -0.770. The molecule has 1 aromatic heterocycles. The molecule has 3 rings (SSSR count). The van der Waals surface area contributed by atoms with E-state index in [1.165, 1.54) is 5.69 Å². The summed E-state index contributed by atoms with van der Waals surface area (Å²) in [4.78, 5) is 0. The molecule has 0 spiro atoms. The summed E-state index contributed by atoms with van der Waals surface area (Å²) in [5, 5.41) is 10.00. The molecule has 1 aromatic carbocycles. The van der Waals surface area contributed by atoms with Crippen LogP contribution in [0, 0.1) is 0 Å². The maximum atomic E-state index is 6.12. The van der Waals surface area contributed by atoms with Gasteiger partial charge in [0.15, 0.2) is 0 Å². The van der Waals surface area contributed by atoms with Crippen molar-refractivity contribution in [2.45, 2.75) is 13.1 Å². The fourth-order valence-corrected chi connectivity index (χ4v) is 2.31. The topological polar surface area (TPSA) is 29.9 Å². The molecule has 1 aliphatic rings. The van der Waals surface area contributed by atoms with E-state index in [1.54, 1.807) is 0 Å². The van der Waals surface area contributed by atoms with Crippen LogP contribution in [0.4, 0.5) is 0 Å². The third kappa shape index (κ3) is 1.34. The second-order valence-corrected chi connectivity index (χ2v) is 4.39. The lowest BCUT2D eigenvalue weighted by molar-refractivity contribution is 0.480. The number of hydrogen-bond acceptors (Lipinski definition) is 2. The lowest BCUT2D eigenvalue weighted by atomic mass is 10.2. The highest BCUT2D eigenvalue weighted by atomic mass is 35.5. The Kier molecular flexibility index (Phi) is 2.12. The van der Waals surface area contributed by atoms with E-state index in [2.05, 4.69) is 10.4 Å². The summed E-state index contributed by atoms with van der Waals surface area (Å²) in [7, 11) is 0. The molecule has 5 heteroatoms. The van der Waals surface area contributed by atoms with Crippen molar-refractivity contribution in [2.75, 3.05) is 6.54 Å². The second-order valence-electron chi connectivity index (χ2n) is 3.60. The Morgan fingerprint density at radius 3 is 3.07 bits per heavy atom. The summed E-state index contributed by atoms with van der Waals surface area (Å²) in [6.45, 7) is 2.68. The molecule has 2 aromatic rings. The van der Waals surface area contributed by atoms with Gasteiger partial charge in [0.05, 0.1) is 22.3 Å². The summed E-state index contributed by atoms with van der Waals surface area (Å²) in [5.74, 6) is 0. The van der Waals surface area contributed by atoms with Crippen LogP contribution in [0.3, 0.4) is 0 Å². The molecule has 1 N–H and O–H groups in total. The van der Waals surface area contributed by atoms with Crippen molar-refractivity contribution >= 4 is 34.1 Å². The smallest absolute Gasteiger partial charge is 0.113 e. The summed E-state index contributed by atoms with van der Waals surface area (Å²) in [6, 6.07) is 3.80. The van der Waals surface area contributed by atoms with E-state index in [4.69, 9.17) is 23.2 Å². The lowest BCUT2D eigenvalue weighted by Gasteiger charge is -2.14. The number of benzene rings is 1. The molecule has 1 aliphatic heterocycles. The minimum Gasteiger partial charge on any atom is -0.309 e. The number of fused-ring (bicyclic) bond motifs is 3. The molecule has 0 saturated carbocycles. The predicted molar refractivity (Wildman–Crippen MR) is 61.5 cm³/mol. The van der Waals surface area contributed by atoms with Gasteiger partial charge < -0.3 is 5.32 Å². The molecule has 0 fully saturated rings.